The first-order valence-electron chi connectivity index (χ1n) is 7.40. The fourth-order valence-corrected chi connectivity index (χ4v) is 3.19. The van der Waals surface area contributed by atoms with Crippen molar-refractivity contribution in [3.8, 4) is 0 Å². The average molecular weight is 314 g/mol. The first kappa shape index (κ1) is 16.2. The summed E-state index contributed by atoms with van der Waals surface area (Å²) in [6.45, 7) is 2.63. The van der Waals surface area contributed by atoms with Gasteiger partial charge in [-0.25, -0.2) is 4.39 Å². The Labute approximate surface area is 129 Å². The molecule has 2 rings (SSSR count). The Hall–Kier alpha value is -1.13. The molecule has 21 heavy (non-hydrogen) atoms. The molecule has 0 heterocycles. The Morgan fingerprint density at radius 2 is 2.19 bits per heavy atom. The standard InChI is InChI=1S/C16H21ClFNO2/c1-10(11-6-7-15(18)14(17)8-11)19-9-12-4-2-3-5-13(12)16(20)21/h6-8,10,12-13,19H,2-5,9H2,1H3,(H,20,21). The van der Waals surface area contributed by atoms with Gasteiger partial charge in [0.25, 0.3) is 0 Å². The molecule has 0 bridgehead atoms. The molecule has 1 aliphatic rings. The normalized spacial score (nSPS) is 23.8. The Morgan fingerprint density at radius 1 is 1.48 bits per heavy atom. The van der Waals surface area contributed by atoms with E-state index in [1.54, 1.807) is 12.1 Å². The van der Waals surface area contributed by atoms with Gasteiger partial charge < -0.3 is 10.4 Å². The molecular weight excluding hydrogens is 293 g/mol. The third-order valence-electron chi connectivity index (χ3n) is 4.36. The molecule has 1 saturated carbocycles. The first-order valence-corrected chi connectivity index (χ1v) is 7.78. The van der Waals surface area contributed by atoms with Crippen LogP contribution in [-0.4, -0.2) is 17.6 Å². The zero-order valence-corrected chi connectivity index (χ0v) is 12.9. The number of nitrogens with one attached hydrogen (secondary N) is 1. The van der Waals surface area contributed by atoms with Gasteiger partial charge in [-0.15, -0.1) is 0 Å². The van der Waals surface area contributed by atoms with E-state index in [1.807, 2.05) is 6.92 Å². The summed E-state index contributed by atoms with van der Waals surface area (Å²) in [5.41, 5.74) is 0.907. The highest BCUT2D eigenvalue weighted by Gasteiger charge is 2.30. The third kappa shape index (κ3) is 4.17. The second kappa shape index (κ2) is 7.23. The molecule has 0 radical (unpaired) electrons. The van der Waals surface area contributed by atoms with E-state index in [2.05, 4.69) is 5.32 Å². The Bertz CT molecular complexity index is 509. The van der Waals surface area contributed by atoms with Gasteiger partial charge in [-0.3, -0.25) is 4.79 Å². The van der Waals surface area contributed by atoms with Crippen molar-refractivity contribution < 1.29 is 14.3 Å². The molecule has 1 aromatic rings. The number of carboxylic acids is 1. The van der Waals surface area contributed by atoms with Gasteiger partial charge in [-0.05, 0) is 49.9 Å². The smallest absolute Gasteiger partial charge is 0.306 e. The topological polar surface area (TPSA) is 49.3 Å². The highest BCUT2D eigenvalue weighted by Crippen LogP contribution is 2.30. The van der Waals surface area contributed by atoms with E-state index in [-0.39, 0.29) is 22.9 Å². The monoisotopic (exact) mass is 313 g/mol. The molecule has 0 saturated heterocycles. The van der Waals surface area contributed by atoms with Gasteiger partial charge in [0.15, 0.2) is 0 Å². The number of aliphatic carboxylic acids is 1. The highest BCUT2D eigenvalue weighted by atomic mass is 35.5. The Morgan fingerprint density at radius 3 is 2.86 bits per heavy atom. The van der Waals surface area contributed by atoms with Crippen LogP contribution in [0.2, 0.25) is 5.02 Å². The van der Waals surface area contributed by atoms with E-state index in [0.29, 0.717) is 6.54 Å². The van der Waals surface area contributed by atoms with Crippen LogP contribution in [0.4, 0.5) is 4.39 Å². The minimum absolute atomic E-state index is 0.0134. The number of carbonyl (C=O) groups is 1. The second-order valence-corrected chi connectivity index (χ2v) is 6.20. The van der Waals surface area contributed by atoms with Gasteiger partial charge in [0, 0.05) is 6.04 Å². The number of hydrogen-bond acceptors (Lipinski definition) is 2. The molecule has 1 fully saturated rings. The molecule has 0 aromatic heterocycles. The molecule has 1 aliphatic carbocycles. The number of hydrogen-bond donors (Lipinski definition) is 2. The van der Waals surface area contributed by atoms with Crippen LogP contribution in [0.1, 0.15) is 44.2 Å². The lowest BCUT2D eigenvalue weighted by Gasteiger charge is -2.30. The van der Waals surface area contributed by atoms with Gasteiger partial charge in [0.1, 0.15) is 5.82 Å². The number of halogens is 2. The van der Waals surface area contributed by atoms with Crippen molar-refractivity contribution in [2.45, 2.75) is 38.6 Å². The maximum absolute atomic E-state index is 13.2. The number of rotatable bonds is 5. The summed E-state index contributed by atoms with van der Waals surface area (Å²) in [4.78, 5) is 11.3. The molecule has 3 unspecified atom stereocenters. The second-order valence-electron chi connectivity index (χ2n) is 5.79. The van der Waals surface area contributed by atoms with Crippen LogP contribution in [0.25, 0.3) is 0 Å². The molecule has 3 nitrogen and oxygen atoms in total. The zero-order chi connectivity index (χ0) is 15.4. The number of carboxylic acid groups (broad SMARTS) is 1. The minimum Gasteiger partial charge on any atom is -0.481 e. The molecule has 3 atom stereocenters. The van der Waals surface area contributed by atoms with E-state index in [1.165, 1.54) is 6.07 Å². The van der Waals surface area contributed by atoms with Crippen LogP contribution < -0.4 is 5.32 Å². The average Bonchev–Trinajstić information content (AvgIpc) is 2.47. The van der Waals surface area contributed by atoms with Crippen molar-refractivity contribution in [1.82, 2.24) is 5.32 Å². The van der Waals surface area contributed by atoms with Crippen LogP contribution in [0.5, 0.6) is 0 Å². The van der Waals surface area contributed by atoms with Crippen molar-refractivity contribution >= 4 is 17.6 Å². The van der Waals surface area contributed by atoms with E-state index < -0.39 is 11.8 Å². The Balaban J connectivity index is 1.94. The van der Waals surface area contributed by atoms with Crippen LogP contribution in [0, 0.1) is 17.7 Å². The van der Waals surface area contributed by atoms with Gasteiger partial charge >= 0.3 is 5.97 Å². The molecule has 1 aromatic carbocycles. The van der Waals surface area contributed by atoms with Gasteiger partial charge in [-0.1, -0.05) is 30.5 Å². The van der Waals surface area contributed by atoms with Crippen molar-refractivity contribution in [2.75, 3.05) is 6.54 Å². The lowest BCUT2D eigenvalue weighted by molar-refractivity contribution is -0.144. The molecule has 0 amide bonds. The van der Waals surface area contributed by atoms with Crippen LogP contribution in [0.15, 0.2) is 18.2 Å². The van der Waals surface area contributed by atoms with Gasteiger partial charge in [0.2, 0.25) is 0 Å². The van der Waals surface area contributed by atoms with Crippen LogP contribution in [0.3, 0.4) is 0 Å². The lowest BCUT2D eigenvalue weighted by Crippen LogP contribution is -2.35. The number of benzene rings is 1. The van der Waals surface area contributed by atoms with Crippen LogP contribution >= 0.6 is 11.6 Å². The van der Waals surface area contributed by atoms with Crippen molar-refractivity contribution in [1.29, 1.82) is 0 Å². The van der Waals surface area contributed by atoms with Crippen molar-refractivity contribution in [2.24, 2.45) is 11.8 Å². The van der Waals surface area contributed by atoms with E-state index >= 15 is 0 Å². The summed E-state index contributed by atoms with van der Waals surface area (Å²) in [5, 5.41) is 12.7. The zero-order valence-electron chi connectivity index (χ0n) is 12.1. The summed E-state index contributed by atoms with van der Waals surface area (Å²) < 4.78 is 13.2. The summed E-state index contributed by atoms with van der Waals surface area (Å²) in [6.07, 6.45) is 3.79. The quantitative estimate of drug-likeness (QED) is 0.863. The fraction of sp³-hybridized carbons (Fsp3) is 0.562. The summed E-state index contributed by atoms with van der Waals surface area (Å²) in [7, 11) is 0. The van der Waals surface area contributed by atoms with E-state index in [9.17, 15) is 14.3 Å². The maximum Gasteiger partial charge on any atom is 0.306 e. The largest absolute Gasteiger partial charge is 0.481 e. The van der Waals surface area contributed by atoms with Gasteiger partial charge in [-0.2, -0.15) is 0 Å². The van der Waals surface area contributed by atoms with Crippen LogP contribution in [-0.2, 0) is 4.79 Å². The van der Waals surface area contributed by atoms with E-state index in [4.69, 9.17) is 11.6 Å². The first-order chi connectivity index (χ1) is 9.99. The minimum atomic E-state index is -0.695. The molecular formula is C16H21ClFNO2. The lowest BCUT2D eigenvalue weighted by atomic mass is 9.79. The third-order valence-corrected chi connectivity index (χ3v) is 4.65. The molecule has 0 spiro atoms. The van der Waals surface area contributed by atoms with E-state index in [0.717, 1.165) is 31.2 Å². The molecule has 5 heteroatoms. The predicted molar refractivity (Wildman–Crippen MR) is 80.9 cm³/mol. The van der Waals surface area contributed by atoms with Crippen molar-refractivity contribution in [3.63, 3.8) is 0 Å². The SMILES string of the molecule is CC(NCC1CCCCC1C(=O)O)c1ccc(F)c(Cl)c1. The fourth-order valence-electron chi connectivity index (χ4n) is 3.00. The predicted octanol–water partition coefficient (Wildman–Crippen LogP) is 4.02. The summed E-state index contributed by atoms with van der Waals surface area (Å²) in [6, 6.07) is 4.69. The molecule has 0 aliphatic heterocycles. The highest BCUT2D eigenvalue weighted by molar-refractivity contribution is 6.30. The van der Waals surface area contributed by atoms with Gasteiger partial charge in [0.05, 0.1) is 10.9 Å². The molecule has 2 N–H and O–H groups in total. The molecule has 116 valence electrons. The van der Waals surface area contributed by atoms with Crippen molar-refractivity contribution in [3.05, 3.63) is 34.6 Å². The summed E-state index contributed by atoms with van der Waals surface area (Å²) in [5.74, 6) is -1.21. The summed E-state index contributed by atoms with van der Waals surface area (Å²) >= 11 is 5.79. The Kier molecular flexibility index (Phi) is 5.59. The maximum atomic E-state index is 13.2.